The van der Waals surface area contributed by atoms with Gasteiger partial charge in [-0.3, -0.25) is 14.3 Å². The molecule has 0 unspecified atom stereocenters. The lowest BCUT2D eigenvalue weighted by atomic mass is 9.82. The molecule has 0 saturated carbocycles. The van der Waals surface area contributed by atoms with Gasteiger partial charge in [0.25, 0.3) is 5.91 Å². The Morgan fingerprint density at radius 2 is 1.56 bits per heavy atom. The van der Waals surface area contributed by atoms with Crippen molar-refractivity contribution in [2.75, 3.05) is 26.3 Å². The molecule has 1 saturated heterocycles. The first-order valence-corrected chi connectivity index (χ1v) is 15.1. The van der Waals surface area contributed by atoms with E-state index in [9.17, 15) is 19.5 Å². The van der Waals surface area contributed by atoms with E-state index < -0.39 is 11.6 Å². The van der Waals surface area contributed by atoms with Gasteiger partial charge < -0.3 is 29.0 Å². The van der Waals surface area contributed by atoms with Gasteiger partial charge in [0.15, 0.2) is 5.78 Å². The molecule has 3 aromatic carbocycles. The number of benzene rings is 3. The Labute approximate surface area is 261 Å². The van der Waals surface area contributed by atoms with E-state index >= 15 is 0 Å². The first-order valence-electron chi connectivity index (χ1n) is 15.1. The predicted octanol–water partition coefficient (Wildman–Crippen LogP) is 4.56. The molecule has 10 nitrogen and oxygen atoms in total. The number of rotatable bonds is 8. The second-order valence-corrected chi connectivity index (χ2v) is 11.4. The molecule has 0 bridgehead atoms. The van der Waals surface area contributed by atoms with Gasteiger partial charge in [-0.1, -0.05) is 30.3 Å². The number of aromatic nitrogens is 2. The predicted molar refractivity (Wildman–Crippen MR) is 165 cm³/mol. The van der Waals surface area contributed by atoms with Gasteiger partial charge in [-0.05, 0) is 54.8 Å². The molecule has 1 amide bonds. The Morgan fingerprint density at radius 3 is 2.13 bits per heavy atom. The lowest BCUT2D eigenvalue weighted by molar-refractivity contribution is -0.255. The van der Waals surface area contributed by atoms with Crippen LogP contribution in [-0.4, -0.2) is 64.2 Å². The number of ether oxygens (including phenoxy) is 3. The van der Waals surface area contributed by atoms with Crippen LogP contribution >= 0.6 is 0 Å². The fraction of sp³-hybridized carbons (Fsp3) is 0.314. The van der Waals surface area contributed by atoms with Crippen molar-refractivity contribution in [3.05, 3.63) is 83.7 Å². The second kappa shape index (κ2) is 12.1. The third-order valence-electron chi connectivity index (χ3n) is 8.41. The number of ketones is 1. The minimum atomic E-state index is -1.26. The highest BCUT2D eigenvalue weighted by atomic mass is 16.5. The first kappa shape index (κ1) is 29.9. The van der Waals surface area contributed by atoms with E-state index in [4.69, 9.17) is 14.2 Å². The summed E-state index contributed by atoms with van der Waals surface area (Å²) in [6.45, 7) is 5.27. The highest BCUT2D eigenvalue weighted by Crippen LogP contribution is 2.43. The molecule has 0 atom stereocenters. The fourth-order valence-electron chi connectivity index (χ4n) is 6.13. The average molecular weight is 609 g/mol. The summed E-state index contributed by atoms with van der Waals surface area (Å²) in [5, 5.41) is 15.5. The number of aryl methyl sites for hydroxylation is 1. The number of hydrogen-bond donors (Lipinski definition) is 0. The Balaban J connectivity index is 1.21. The van der Waals surface area contributed by atoms with Gasteiger partial charge in [0.05, 0.1) is 42.9 Å². The Kier molecular flexibility index (Phi) is 8.05. The van der Waals surface area contributed by atoms with Gasteiger partial charge in [-0.15, -0.1) is 0 Å². The maximum absolute atomic E-state index is 13.8. The van der Waals surface area contributed by atoms with Gasteiger partial charge in [-0.2, -0.15) is 5.10 Å². The molecular formula is C35H34N3O7-. The topological polar surface area (TPSA) is 123 Å². The molecule has 45 heavy (non-hydrogen) atoms. The summed E-state index contributed by atoms with van der Waals surface area (Å²) in [4.78, 5) is 40.2. The number of carboxylic acid groups (broad SMARTS) is 1. The van der Waals surface area contributed by atoms with Crippen LogP contribution in [0.1, 0.15) is 64.2 Å². The Hall–Kier alpha value is -5.12. The second-order valence-electron chi connectivity index (χ2n) is 11.4. The molecular weight excluding hydrogens is 574 g/mol. The number of piperidine rings is 1. The molecule has 0 aliphatic carbocycles. The lowest BCUT2D eigenvalue weighted by Gasteiger charge is -2.44. The number of carbonyl (C=O) groups is 3. The van der Waals surface area contributed by atoms with Crippen molar-refractivity contribution in [2.24, 2.45) is 7.05 Å². The molecule has 2 aliphatic rings. The van der Waals surface area contributed by atoms with Crippen molar-refractivity contribution in [1.82, 2.24) is 14.7 Å². The molecule has 1 fully saturated rings. The summed E-state index contributed by atoms with van der Waals surface area (Å²) in [6.07, 6.45) is 4.97. The summed E-state index contributed by atoms with van der Waals surface area (Å²) in [5.74, 6) is 0.101. The summed E-state index contributed by atoms with van der Waals surface area (Å²) < 4.78 is 20.1. The van der Waals surface area contributed by atoms with E-state index in [0.717, 1.165) is 11.1 Å². The zero-order valence-corrected chi connectivity index (χ0v) is 25.5. The van der Waals surface area contributed by atoms with E-state index in [1.807, 2.05) is 45.3 Å². The van der Waals surface area contributed by atoms with Gasteiger partial charge >= 0.3 is 0 Å². The summed E-state index contributed by atoms with van der Waals surface area (Å²) in [7, 11) is 1.85. The van der Waals surface area contributed by atoms with E-state index in [-0.39, 0.29) is 23.7 Å². The van der Waals surface area contributed by atoms with Crippen molar-refractivity contribution in [2.45, 2.75) is 38.7 Å². The number of Topliss-reactive ketones (excluding diaryl/α,β-unsaturated/α-hetero) is 1. The molecule has 4 aromatic rings. The first-order chi connectivity index (χ1) is 21.7. The largest absolute Gasteiger partial charge is 0.545 e. The molecule has 2 aliphatic heterocycles. The summed E-state index contributed by atoms with van der Waals surface area (Å²) >= 11 is 0. The number of amides is 1. The smallest absolute Gasteiger partial charge is 0.254 e. The van der Waals surface area contributed by atoms with Crippen LogP contribution in [0.4, 0.5) is 0 Å². The standard InChI is InChI=1S/C35H35N3O7/c1-4-43-30-17-25(18-31(44-5-2)32(30)22-6-8-23(9-7-22)34(41)42)33(40)38-14-12-35(13-15-38)19-28(39)27-16-24(10-11-29(27)45-35)26-20-36-37(3)21-26/h6-11,16-18,20-21H,4-5,12-15,19H2,1-3H3,(H,41,42)/p-1. The van der Waals surface area contributed by atoms with E-state index in [0.29, 0.717) is 78.6 Å². The Morgan fingerprint density at radius 1 is 0.911 bits per heavy atom. The van der Waals surface area contributed by atoms with Crippen LogP contribution in [0.3, 0.4) is 0 Å². The van der Waals surface area contributed by atoms with Gasteiger partial charge in [0.1, 0.15) is 22.8 Å². The molecule has 0 N–H and O–H groups in total. The van der Waals surface area contributed by atoms with E-state index in [1.54, 1.807) is 40.0 Å². The van der Waals surface area contributed by atoms with Crippen molar-refractivity contribution in [1.29, 1.82) is 0 Å². The third kappa shape index (κ3) is 5.87. The number of carboxylic acids is 1. The van der Waals surface area contributed by atoms with Crippen molar-refractivity contribution >= 4 is 17.7 Å². The lowest BCUT2D eigenvalue weighted by Crippen LogP contribution is -2.52. The minimum absolute atomic E-state index is 0.0349. The molecule has 0 radical (unpaired) electrons. The van der Waals surface area contributed by atoms with Crippen LogP contribution in [0.5, 0.6) is 17.2 Å². The third-order valence-corrected chi connectivity index (χ3v) is 8.41. The SMILES string of the molecule is CCOc1cc(C(=O)N2CCC3(CC2)CC(=O)c2cc(-c4cnn(C)c4)ccc2O3)cc(OCC)c1-c1ccc(C(=O)[O-])cc1. The maximum Gasteiger partial charge on any atom is 0.254 e. The van der Waals surface area contributed by atoms with Crippen LogP contribution < -0.4 is 19.3 Å². The van der Waals surface area contributed by atoms with Crippen molar-refractivity contribution < 1.29 is 33.7 Å². The van der Waals surface area contributed by atoms with Crippen LogP contribution in [-0.2, 0) is 7.05 Å². The van der Waals surface area contributed by atoms with Crippen molar-refractivity contribution in [3.63, 3.8) is 0 Å². The number of likely N-dealkylation sites (tertiary alicyclic amines) is 1. The van der Waals surface area contributed by atoms with Crippen LogP contribution in [0, 0.1) is 0 Å². The number of aromatic carboxylic acids is 1. The number of hydrogen-bond acceptors (Lipinski definition) is 8. The summed E-state index contributed by atoms with van der Waals surface area (Å²) in [5.41, 5.74) is 3.56. The summed E-state index contributed by atoms with van der Waals surface area (Å²) in [6, 6.07) is 15.3. The van der Waals surface area contributed by atoms with Crippen LogP contribution in [0.15, 0.2) is 67.0 Å². The Bertz CT molecular complexity index is 1740. The van der Waals surface area contributed by atoms with E-state index in [2.05, 4.69) is 5.10 Å². The van der Waals surface area contributed by atoms with Crippen LogP contribution in [0.2, 0.25) is 0 Å². The highest BCUT2D eigenvalue weighted by Gasteiger charge is 2.44. The quantitative estimate of drug-likeness (QED) is 0.285. The zero-order chi connectivity index (χ0) is 31.7. The average Bonchev–Trinajstić information content (AvgIpc) is 3.47. The minimum Gasteiger partial charge on any atom is -0.545 e. The monoisotopic (exact) mass is 608 g/mol. The molecule has 6 rings (SSSR count). The normalized spacial score (nSPS) is 15.4. The zero-order valence-electron chi connectivity index (χ0n) is 25.5. The van der Waals surface area contributed by atoms with Gasteiger partial charge in [-0.25, -0.2) is 0 Å². The maximum atomic E-state index is 13.8. The molecule has 1 aromatic heterocycles. The number of nitrogens with zero attached hydrogens (tertiary/aromatic N) is 3. The van der Waals surface area contributed by atoms with Crippen LogP contribution in [0.25, 0.3) is 22.3 Å². The molecule has 10 heteroatoms. The number of carbonyl (C=O) groups excluding carboxylic acids is 3. The van der Waals surface area contributed by atoms with Crippen molar-refractivity contribution in [3.8, 4) is 39.5 Å². The highest BCUT2D eigenvalue weighted by molar-refractivity contribution is 6.02. The molecule has 3 heterocycles. The molecule has 232 valence electrons. The van der Waals surface area contributed by atoms with Gasteiger partial charge in [0, 0.05) is 50.3 Å². The number of fused-ring (bicyclic) bond motifs is 1. The fourth-order valence-corrected chi connectivity index (χ4v) is 6.13. The molecule has 1 spiro atoms. The van der Waals surface area contributed by atoms with Gasteiger partial charge in [0.2, 0.25) is 0 Å². The van der Waals surface area contributed by atoms with E-state index in [1.165, 1.54) is 12.1 Å².